The van der Waals surface area contributed by atoms with Crippen molar-refractivity contribution in [3.05, 3.63) is 0 Å². The average Bonchev–Trinajstić information content (AvgIpc) is 2.40. The van der Waals surface area contributed by atoms with Gasteiger partial charge in [0.2, 0.25) is 0 Å². The van der Waals surface area contributed by atoms with Gasteiger partial charge in [-0.3, -0.25) is 4.79 Å². The lowest BCUT2D eigenvalue weighted by Gasteiger charge is -2.38. The fourth-order valence-corrected chi connectivity index (χ4v) is 4.27. The third-order valence-electron chi connectivity index (χ3n) is 5.26. The monoisotopic (exact) mass is 281 g/mol. The van der Waals surface area contributed by atoms with Crippen LogP contribution < -0.4 is 0 Å². The van der Waals surface area contributed by atoms with Gasteiger partial charge >= 0.3 is 5.97 Å². The van der Waals surface area contributed by atoms with Crippen molar-refractivity contribution in [3.63, 3.8) is 0 Å². The lowest BCUT2D eigenvalue weighted by Crippen LogP contribution is -2.44. The van der Waals surface area contributed by atoms with Crippen molar-refractivity contribution >= 4 is 5.97 Å². The van der Waals surface area contributed by atoms with Gasteiger partial charge in [0.25, 0.3) is 0 Å². The Morgan fingerprint density at radius 2 is 1.80 bits per heavy atom. The minimum atomic E-state index is -0.604. The minimum absolute atomic E-state index is 0.143. The zero-order valence-electron chi connectivity index (χ0n) is 13.2. The van der Waals surface area contributed by atoms with Gasteiger partial charge < -0.3 is 10.0 Å². The van der Waals surface area contributed by atoms with E-state index in [0.717, 1.165) is 37.9 Å². The van der Waals surface area contributed by atoms with Crippen LogP contribution in [0.2, 0.25) is 0 Å². The Balaban J connectivity index is 1.77. The topological polar surface area (TPSA) is 40.5 Å². The molecular weight excluding hydrogens is 250 g/mol. The van der Waals surface area contributed by atoms with Crippen LogP contribution in [0, 0.1) is 23.7 Å². The molecule has 1 aliphatic heterocycles. The highest BCUT2D eigenvalue weighted by molar-refractivity contribution is 5.70. The maximum absolute atomic E-state index is 11.2. The Bertz CT molecular complexity index is 310. The van der Waals surface area contributed by atoms with Gasteiger partial charge in [-0.15, -0.1) is 0 Å². The van der Waals surface area contributed by atoms with Crippen LogP contribution in [0.1, 0.15) is 58.8 Å². The van der Waals surface area contributed by atoms with Gasteiger partial charge in [0.1, 0.15) is 0 Å². The van der Waals surface area contributed by atoms with Crippen LogP contribution >= 0.6 is 0 Å². The molecule has 0 aromatic carbocycles. The highest BCUT2D eigenvalue weighted by Gasteiger charge is 2.31. The summed E-state index contributed by atoms with van der Waals surface area (Å²) >= 11 is 0. The Morgan fingerprint density at radius 3 is 2.40 bits per heavy atom. The van der Waals surface area contributed by atoms with Gasteiger partial charge in [-0.05, 0) is 37.0 Å². The molecule has 0 spiro atoms. The number of rotatable bonds is 5. The van der Waals surface area contributed by atoms with Crippen molar-refractivity contribution in [2.24, 2.45) is 23.7 Å². The summed E-state index contributed by atoms with van der Waals surface area (Å²) < 4.78 is 0. The van der Waals surface area contributed by atoms with Crippen molar-refractivity contribution in [2.45, 2.75) is 58.8 Å². The van der Waals surface area contributed by atoms with Gasteiger partial charge in [-0.2, -0.15) is 0 Å². The second-order valence-electron chi connectivity index (χ2n) is 7.27. The van der Waals surface area contributed by atoms with E-state index in [4.69, 9.17) is 0 Å². The molecule has 2 rings (SSSR count). The van der Waals surface area contributed by atoms with Gasteiger partial charge in [-0.1, -0.05) is 39.5 Å². The predicted molar refractivity (Wildman–Crippen MR) is 81.7 cm³/mol. The highest BCUT2D eigenvalue weighted by Crippen LogP contribution is 2.33. The highest BCUT2D eigenvalue weighted by atomic mass is 16.4. The van der Waals surface area contributed by atoms with E-state index in [1.54, 1.807) is 0 Å². The number of carbonyl (C=O) groups is 1. The fraction of sp³-hybridized carbons (Fsp3) is 0.941. The molecule has 2 aliphatic rings. The van der Waals surface area contributed by atoms with Crippen molar-refractivity contribution in [1.29, 1.82) is 0 Å². The van der Waals surface area contributed by atoms with Crippen LogP contribution in [0.4, 0.5) is 0 Å². The van der Waals surface area contributed by atoms with Gasteiger partial charge in [0.15, 0.2) is 0 Å². The number of likely N-dealkylation sites (tertiary alicyclic amines) is 1. The lowest BCUT2D eigenvalue weighted by atomic mass is 9.79. The number of carboxylic acid groups (broad SMARTS) is 1. The van der Waals surface area contributed by atoms with E-state index in [1.807, 2.05) is 0 Å². The number of piperidine rings is 1. The van der Waals surface area contributed by atoms with Crippen molar-refractivity contribution < 1.29 is 9.90 Å². The van der Waals surface area contributed by atoms with E-state index in [9.17, 15) is 9.90 Å². The Hall–Kier alpha value is -0.570. The second-order valence-corrected chi connectivity index (χ2v) is 7.27. The largest absolute Gasteiger partial charge is 0.481 e. The average molecular weight is 281 g/mol. The molecular formula is C17H31NO2. The summed E-state index contributed by atoms with van der Waals surface area (Å²) in [7, 11) is 0. The summed E-state index contributed by atoms with van der Waals surface area (Å²) in [6.45, 7) is 7.48. The molecule has 0 aromatic rings. The number of aliphatic carboxylic acids is 1. The molecule has 20 heavy (non-hydrogen) atoms. The quantitative estimate of drug-likeness (QED) is 0.836. The standard InChI is InChI=1S/C17H31NO2/c1-3-4-14-5-7-15(8-6-14)11-18-10-13(2)9-16(12-18)17(19)20/h13-16H,3-12H2,1-2H3,(H,19,20). The lowest BCUT2D eigenvalue weighted by molar-refractivity contribution is -0.144. The summed E-state index contributed by atoms with van der Waals surface area (Å²) in [5.74, 6) is 1.55. The van der Waals surface area contributed by atoms with E-state index < -0.39 is 5.97 Å². The molecule has 1 heterocycles. The number of hydrogen-bond donors (Lipinski definition) is 1. The molecule has 1 aliphatic carbocycles. The summed E-state index contributed by atoms with van der Waals surface area (Å²) in [6.07, 6.45) is 9.07. The summed E-state index contributed by atoms with van der Waals surface area (Å²) in [5, 5.41) is 9.25. The molecule has 2 atom stereocenters. The van der Waals surface area contributed by atoms with E-state index in [2.05, 4.69) is 18.7 Å². The normalized spacial score (nSPS) is 35.9. The first kappa shape index (κ1) is 15.8. The molecule has 3 nitrogen and oxygen atoms in total. The molecule has 1 N–H and O–H groups in total. The number of hydrogen-bond acceptors (Lipinski definition) is 2. The van der Waals surface area contributed by atoms with E-state index in [-0.39, 0.29) is 5.92 Å². The fourth-order valence-electron chi connectivity index (χ4n) is 4.27. The first-order chi connectivity index (χ1) is 9.58. The number of carboxylic acids is 1. The smallest absolute Gasteiger partial charge is 0.307 e. The molecule has 1 saturated heterocycles. The van der Waals surface area contributed by atoms with E-state index in [0.29, 0.717) is 5.92 Å². The Morgan fingerprint density at radius 1 is 1.15 bits per heavy atom. The zero-order valence-corrected chi connectivity index (χ0v) is 13.2. The zero-order chi connectivity index (χ0) is 14.5. The first-order valence-corrected chi connectivity index (χ1v) is 8.53. The van der Waals surface area contributed by atoms with Crippen LogP contribution in [0.25, 0.3) is 0 Å². The molecule has 0 aromatic heterocycles. The summed E-state index contributed by atoms with van der Waals surface area (Å²) in [6, 6.07) is 0. The molecule has 0 amide bonds. The van der Waals surface area contributed by atoms with Crippen molar-refractivity contribution in [3.8, 4) is 0 Å². The summed E-state index contributed by atoms with van der Waals surface area (Å²) in [4.78, 5) is 13.7. The van der Waals surface area contributed by atoms with Crippen LogP contribution in [0.5, 0.6) is 0 Å². The van der Waals surface area contributed by atoms with Gasteiger partial charge in [0.05, 0.1) is 5.92 Å². The third-order valence-corrected chi connectivity index (χ3v) is 5.26. The molecule has 3 heteroatoms. The SMILES string of the molecule is CCCC1CCC(CN2CC(C)CC(C(=O)O)C2)CC1. The molecule has 0 radical (unpaired) electrons. The molecule has 116 valence electrons. The third kappa shape index (κ3) is 4.47. The van der Waals surface area contributed by atoms with Gasteiger partial charge in [0, 0.05) is 19.6 Å². The van der Waals surface area contributed by atoms with Gasteiger partial charge in [-0.25, -0.2) is 0 Å². The van der Waals surface area contributed by atoms with Crippen LogP contribution in [-0.4, -0.2) is 35.6 Å². The summed E-state index contributed by atoms with van der Waals surface area (Å²) in [5.41, 5.74) is 0. The molecule has 0 bridgehead atoms. The Labute approximate surface area is 123 Å². The first-order valence-electron chi connectivity index (χ1n) is 8.53. The van der Waals surface area contributed by atoms with Crippen LogP contribution in [-0.2, 0) is 4.79 Å². The van der Waals surface area contributed by atoms with E-state index >= 15 is 0 Å². The van der Waals surface area contributed by atoms with E-state index in [1.165, 1.54) is 38.5 Å². The minimum Gasteiger partial charge on any atom is -0.481 e. The maximum atomic E-state index is 11.2. The maximum Gasteiger partial charge on any atom is 0.307 e. The van der Waals surface area contributed by atoms with Crippen LogP contribution in [0.15, 0.2) is 0 Å². The van der Waals surface area contributed by atoms with Crippen LogP contribution in [0.3, 0.4) is 0 Å². The van der Waals surface area contributed by atoms with Crippen molar-refractivity contribution in [1.82, 2.24) is 4.90 Å². The Kier molecular flexibility index (Phi) is 5.88. The number of nitrogens with zero attached hydrogens (tertiary/aromatic N) is 1. The van der Waals surface area contributed by atoms with Crippen molar-refractivity contribution in [2.75, 3.05) is 19.6 Å². The molecule has 1 saturated carbocycles. The molecule has 2 fully saturated rings. The molecule has 2 unspecified atom stereocenters. The predicted octanol–water partition coefficient (Wildman–Crippen LogP) is 3.64. The second kappa shape index (κ2) is 7.44.